The number of imidazole rings is 1. The van der Waals surface area contributed by atoms with Gasteiger partial charge in [0.25, 0.3) is 5.91 Å². The summed E-state index contributed by atoms with van der Waals surface area (Å²) in [4.78, 5) is 40.0. The zero-order valence-corrected chi connectivity index (χ0v) is 14.2. The van der Waals surface area contributed by atoms with Crippen LogP contribution in [0.25, 0.3) is 4.96 Å². The first kappa shape index (κ1) is 17.2. The van der Waals surface area contributed by atoms with Crippen LogP contribution in [0.3, 0.4) is 0 Å². The number of urea groups is 1. The van der Waals surface area contributed by atoms with E-state index >= 15 is 0 Å². The number of aromatic nitrogens is 2. The minimum Gasteiger partial charge on any atom is -0.448 e. The molecule has 0 saturated carbocycles. The number of nitrogens with one attached hydrogen (secondary N) is 2. The molecule has 2 aromatic heterocycles. The number of hydrogen-bond acceptors (Lipinski definition) is 6. The average Bonchev–Trinajstić information content (AvgIpc) is 2.96. The van der Waals surface area contributed by atoms with E-state index in [2.05, 4.69) is 15.6 Å². The molecule has 3 amide bonds. The Morgan fingerprint density at radius 3 is 2.70 bits per heavy atom. The Morgan fingerprint density at radius 2 is 2.04 bits per heavy atom. The monoisotopic (exact) mass is 358 g/mol. The molecule has 2 N–H and O–H groups in total. The van der Waals surface area contributed by atoms with Crippen molar-refractivity contribution in [1.82, 2.24) is 20.0 Å². The summed E-state index contributed by atoms with van der Waals surface area (Å²) in [7, 11) is 0. The zero-order chi connectivity index (χ0) is 17.1. The van der Waals surface area contributed by atoms with E-state index in [9.17, 15) is 14.4 Å². The maximum absolute atomic E-state index is 12.2. The molecule has 0 aliphatic carbocycles. The fourth-order valence-electron chi connectivity index (χ4n) is 1.72. The number of carbonyl (C=O) groups excluding carboxylic acids is 3. The first-order valence-corrected chi connectivity index (χ1v) is 7.98. The van der Waals surface area contributed by atoms with E-state index in [1.165, 1.54) is 22.7 Å². The Morgan fingerprint density at radius 1 is 1.35 bits per heavy atom. The molecule has 0 bridgehead atoms. The standard InChI is InChI=1S/C13H15ClN4O4S/c1-6(2)15-12(21)17-10(19)7(3)22-11(20)8-9(14)16-13-18(8)4-5-23-13/h4-7H,1-3H3,(H2,15,17,19,21)/t7-/m0/s1. The number of esters is 1. The molecule has 1 atom stereocenters. The maximum Gasteiger partial charge on any atom is 0.359 e. The molecule has 0 saturated heterocycles. The third-order valence-electron chi connectivity index (χ3n) is 2.72. The Bertz CT molecular complexity index is 754. The zero-order valence-electron chi connectivity index (χ0n) is 12.6. The summed E-state index contributed by atoms with van der Waals surface area (Å²) in [5.41, 5.74) is 0.0363. The molecule has 23 heavy (non-hydrogen) atoms. The first-order valence-electron chi connectivity index (χ1n) is 6.73. The number of amides is 3. The van der Waals surface area contributed by atoms with Crippen LogP contribution in [0.1, 0.15) is 31.3 Å². The number of halogens is 1. The van der Waals surface area contributed by atoms with Gasteiger partial charge in [-0.25, -0.2) is 14.6 Å². The van der Waals surface area contributed by atoms with E-state index in [0.29, 0.717) is 4.96 Å². The van der Waals surface area contributed by atoms with E-state index in [4.69, 9.17) is 16.3 Å². The predicted octanol–water partition coefficient (Wildman–Crippen LogP) is 1.83. The van der Waals surface area contributed by atoms with Gasteiger partial charge in [0.05, 0.1) is 0 Å². The molecule has 0 fully saturated rings. The molecule has 2 aromatic rings. The molecule has 124 valence electrons. The van der Waals surface area contributed by atoms with Crippen LogP contribution in [-0.4, -0.2) is 39.4 Å². The fraction of sp³-hybridized carbons (Fsp3) is 0.385. The molecule has 0 aromatic carbocycles. The molecule has 8 nitrogen and oxygen atoms in total. The highest BCUT2D eigenvalue weighted by Gasteiger charge is 2.25. The highest BCUT2D eigenvalue weighted by Crippen LogP contribution is 2.22. The van der Waals surface area contributed by atoms with Crippen molar-refractivity contribution in [2.24, 2.45) is 0 Å². The second-order valence-electron chi connectivity index (χ2n) is 4.97. The lowest BCUT2D eigenvalue weighted by atomic mass is 10.3. The van der Waals surface area contributed by atoms with Gasteiger partial charge in [0.2, 0.25) is 0 Å². The molecule has 2 heterocycles. The van der Waals surface area contributed by atoms with Crippen LogP contribution in [0.5, 0.6) is 0 Å². The Kier molecular flexibility index (Phi) is 5.22. The molecule has 0 spiro atoms. The SMILES string of the molecule is CC(C)NC(=O)NC(=O)[C@H](C)OC(=O)c1c(Cl)nc2sccn12. The van der Waals surface area contributed by atoms with Crippen molar-refractivity contribution in [3.8, 4) is 0 Å². The van der Waals surface area contributed by atoms with Gasteiger partial charge in [-0.3, -0.25) is 14.5 Å². The lowest BCUT2D eigenvalue weighted by Gasteiger charge is -2.14. The van der Waals surface area contributed by atoms with Gasteiger partial charge in [0, 0.05) is 17.6 Å². The first-order chi connectivity index (χ1) is 10.8. The molecule has 10 heteroatoms. The number of nitrogens with zero attached hydrogens (tertiary/aromatic N) is 2. The molecule has 0 unspecified atom stereocenters. The average molecular weight is 359 g/mol. The summed E-state index contributed by atoms with van der Waals surface area (Å²) < 4.78 is 6.53. The van der Waals surface area contributed by atoms with Gasteiger partial charge in [0.15, 0.2) is 21.9 Å². The van der Waals surface area contributed by atoms with Crippen molar-refractivity contribution in [1.29, 1.82) is 0 Å². The minimum absolute atomic E-state index is 0.00740. The third-order valence-corrected chi connectivity index (χ3v) is 3.74. The number of thiazole rings is 1. The van der Waals surface area contributed by atoms with Crippen LogP contribution >= 0.6 is 22.9 Å². The van der Waals surface area contributed by atoms with Crippen molar-refractivity contribution in [3.63, 3.8) is 0 Å². The molecular formula is C13H15ClN4O4S. The van der Waals surface area contributed by atoms with Crippen LogP contribution in [-0.2, 0) is 9.53 Å². The van der Waals surface area contributed by atoms with Crippen molar-refractivity contribution < 1.29 is 19.1 Å². The Hall–Kier alpha value is -2.13. The fourth-order valence-corrected chi connectivity index (χ4v) is 2.74. The largest absolute Gasteiger partial charge is 0.448 e. The van der Waals surface area contributed by atoms with E-state index in [1.807, 2.05) is 0 Å². The van der Waals surface area contributed by atoms with Crippen LogP contribution < -0.4 is 10.6 Å². The van der Waals surface area contributed by atoms with E-state index in [-0.39, 0.29) is 16.9 Å². The van der Waals surface area contributed by atoms with Crippen LogP contribution in [0, 0.1) is 0 Å². The predicted molar refractivity (Wildman–Crippen MR) is 84.8 cm³/mol. The smallest absolute Gasteiger partial charge is 0.359 e. The molecule has 0 radical (unpaired) electrons. The van der Waals surface area contributed by atoms with Crippen LogP contribution in [0.4, 0.5) is 4.79 Å². The summed E-state index contributed by atoms with van der Waals surface area (Å²) in [6.45, 7) is 4.86. The van der Waals surface area contributed by atoms with Gasteiger partial charge in [-0.2, -0.15) is 0 Å². The van der Waals surface area contributed by atoms with E-state index in [0.717, 1.165) is 0 Å². The molecular weight excluding hydrogens is 344 g/mol. The molecule has 0 aliphatic heterocycles. The number of imide groups is 1. The van der Waals surface area contributed by atoms with Crippen LogP contribution in [0.15, 0.2) is 11.6 Å². The van der Waals surface area contributed by atoms with Gasteiger partial charge in [-0.05, 0) is 20.8 Å². The second kappa shape index (κ2) is 6.97. The Balaban J connectivity index is 2.02. The number of carbonyl (C=O) groups is 3. The highest BCUT2D eigenvalue weighted by atomic mass is 35.5. The van der Waals surface area contributed by atoms with E-state index < -0.39 is 24.0 Å². The highest BCUT2D eigenvalue weighted by molar-refractivity contribution is 7.15. The lowest BCUT2D eigenvalue weighted by molar-refractivity contribution is -0.127. The van der Waals surface area contributed by atoms with Gasteiger partial charge >= 0.3 is 12.0 Å². The van der Waals surface area contributed by atoms with E-state index in [1.54, 1.807) is 25.4 Å². The Labute approximate surface area is 140 Å². The summed E-state index contributed by atoms with van der Waals surface area (Å²) in [5, 5.41) is 6.31. The van der Waals surface area contributed by atoms with Gasteiger partial charge in [0.1, 0.15) is 0 Å². The van der Waals surface area contributed by atoms with Gasteiger partial charge < -0.3 is 10.1 Å². The topological polar surface area (TPSA) is 102 Å². The normalized spacial score (nSPS) is 12.2. The lowest BCUT2D eigenvalue weighted by Crippen LogP contribution is -2.46. The maximum atomic E-state index is 12.2. The quantitative estimate of drug-likeness (QED) is 0.812. The summed E-state index contributed by atoms with van der Waals surface area (Å²) in [5.74, 6) is -1.54. The minimum atomic E-state index is -1.17. The third kappa shape index (κ3) is 3.99. The van der Waals surface area contributed by atoms with Crippen molar-refractivity contribution in [2.75, 3.05) is 0 Å². The number of hydrogen-bond donors (Lipinski definition) is 2. The number of fused-ring (bicyclic) bond motifs is 1. The van der Waals surface area contributed by atoms with Crippen molar-refractivity contribution in [2.45, 2.75) is 32.9 Å². The van der Waals surface area contributed by atoms with Crippen molar-refractivity contribution in [3.05, 3.63) is 22.4 Å². The number of ether oxygens (including phenoxy) is 1. The second-order valence-corrected chi connectivity index (χ2v) is 6.20. The van der Waals surface area contributed by atoms with Gasteiger partial charge in [-0.15, -0.1) is 11.3 Å². The van der Waals surface area contributed by atoms with Crippen LogP contribution in [0.2, 0.25) is 5.15 Å². The van der Waals surface area contributed by atoms with Gasteiger partial charge in [-0.1, -0.05) is 11.6 Å². The molecule has 2 rings (SSSR count). The summed E-state index contributed by atoms with van der Waals surface area (Å²) in [6.07, 6.45) is 0.455. The summed E-state index contributed by atoms with van der Waals surface area (Å²) in [6, 6.07) is -0.784. The summed E-state index contributed by atoms with van der Waals surface area (Å²) >= 11 is 7.22. The van der Waals surface area contributed by atoms with Crippen molar-refractivity contribution >= 4 is 45.8 Å². The number of rotatable bonds is 4. The molecule has 0 aliphatic rings.